The molecule has 0 aliphatic carbocycles. The van der Waals surface area contributed by atoms with Crippen LogP contribution in [0.2, 0.25) is 0 Å². The van der Waals surface area contributed by atoms with E-state index in [9.17, 15) is 15.0 Å². The first kappa shape index (κ1) is 61.6. The number of carbonyl (C=O) groups excluding carboxylic acids is 1. The summed E-state index contributed by atoms with van der Waals surface area (Å²) in [5.41, 5.74) is 0. The molecule has 2 atom stereocenters. The van der Waals surface area contributed by atoms with E-state index < -0.39 is 12.1 Å². The summed E-state index contributed by atoms with van der Waals surface area (Å²) in [6.07, 6.45) is 74.4. The van der Waals surface area contributed by atoms with Crippen LogP contribution in [0.25, 0.3) is 0 Å². The third-order valence-corrected chi connectivity index (χ3v) is 13.4. The van der Waals surface area contributed by atoms with Crippen molar-refractivity contribution in [2.24, 2.45) is 0 Å². The molecule has 0 saturated carbocycles. The molecule has 0 spiro atoms. The van der Waals surface area contributed by atoms with E-state index in [1.54, 1.807) is 0 Å². The molecule has 0 bridgehead atoms. The molecule has 0 aromatic heterocycles. The molecule has 63 heavy (non-hydrogen) atoms. The lowest BCUT2D eigenvalue weighted by molar-refractivity contribution is -0.123. The van der Waals surface area contributed by atoms with Crippen LogP contribution in [0.1, 0.15) is 316 Å². The first-order valence-electron chi connectivity index (χ1n) is 28.7. The highest BCUT2D eigenvalue weighted by molar-refractivity contribution is 5.76. The van der Waals surface area contributed by atoms with Crippen molar-refractivity contribution >= 4 is 5.91 Å². The van der Waals surface area contributed by atoms with Crippen molar-refractivity contribution in [2.45, 2.75) is 328 Å². The fraction of sp³-hybridized carbons (Fsp3) is 0.881. The molecule has 0 fully saturated rings. The molecule has 1 amide bonds. The van der Waals surface area contributed by atoms with Crippen molar-refractivity contribution in [2.75, 3.05) is 6.61 Å². The zero-order valence-corrected chi connectivity index (χ0v) is 42.9. The number of allylic oxidation sites excluding steroid dienone is 6. The Kier molecular flexibility index (Phi) is 53.7. The zero-order valence-electron chi connectivity index (χ0n) is 42.9. The summed E-state index contributed by atoms with van der Waals surface area (Å²) in [4.78, 5) is 12.4. The third kappa shape index (κ3) is 51.5. The minimum Gasteiger partial charge on any atom is -0.394 e. The minimum atomic E-state index is -0.656. The lowest BCUT2D eigenvalue weighted by atomic mass is 10.0. The molecule has 0 rings (SSSR count). The van der Waals surface area contributed by atoms with Gasteiger partial charge < -0.3 is 15.5 Å². The quantitative estimate of drug-likeness (QED) is 0.0421. The van der Waals surface area contributed by atoms with Crippen LogP contribution in [0.5, 0.6) is 0 Å². The van der Waals surface area contributed by atoms with Crippen molar-refractivity contribution in [1.82, 2.24) is 5.32 Å². The molecule has 0 heterocycles. The number of unbranched alkanes of at least 4 members (excludes halogenated alkanes) is 40. The van der Waals surface area contributed by atoms with Crippen molar-refractivity contribution in [3.8, 4) is 0 Å². The smallest absolute Gasteiger partial charge is 0.220 e. The van der Waals surface area contributed by atoms with Gasteiger partial charge in [-0.15, -0.1) is 0 Å². The Morgan fingerprint density at radius 1 is 0.381 bits per heavy atom. The number of rotatable bonds is 53. The summed E-state index contributed by atoms with van der Waals surface area (Å²) in [7, 11) is 0. The van der Waals surface area contributed by atoms with Gasteiger partial charge >= 0.3 is 0 Å². The molecule has 0 aliphatic heterocycles. The number of nitrogens with one attached hydrogen (secondary N) is 1. The predicted molar refractivity (Wildman–Crippen MR) is 281 cm³/mol. The number of aliphatic hydroxyl groups excluding tert-OH is 2. The van der Waals surface area contributed by atoms with Gasteiger partial charge in [0.25, 0.3) is 0 Å². The summed E-state index contributed by atoms with van der Waals surface area (Å²) in [5.74, 6) is -0.0268. The van der Waals surface area contributed by atoms with E-state index in [0.717, 1.165) is 38.5 Å². The molecular formula is C59H113NO3. The van der Waals surface area contributed by atoms with Crippen LogP contribution in [-0.2, 0) is 4.79 Å². The first-order chi connectivity index (χ1) is 31.2. The van der Waals surface area contributed by atoms with Crippen LogP contribution in [0.4, 0.5) is 0 Å². The monoisotopic (exact) mass is 884 g/mol. The van der Waals surface area contributed by atoms with Crippen LogP contribution < -0.4 is 5.32 Å². The fourth-order valence-corrected chi connectivity index (χ4v) is 9.02. The van der Waals surface area contributed by atoms with Crippen molar-refractivity contribution in [3.05, 3.63) is 36.5 Å². The number of hydrogen-bond donors (Lipinski definition) is 3. The van der Waals surface area contributed by atoms with Gasteiger partial charge in [-0.1, -0.05) is 294 Å². The van der Waals surface area contributed by atoms with E-state index in [2.05, 4.69) is 55.6 Å². The minimum absolute atomic E-state index is 0.0268. The molecule has 4 nitrogen and oxygen atoms in total. The van der Waals surface area contributed by atoms with Crippen LogP contribution in [-0.4, -0.2) is 34.9 Å². The maximum absolute atomic E-state index is 12.4. The Bertz CT molecular complexity index is 958. The summed E-state index contributed by atoms with van der Waals surface area (Å²) < 4.78 is 0. The van der Waals surface area contributed by atoms with Crippen molar-refractivity contribution in [3.63, 3.8) is 0 Å². The highest BCUT2D eigenvalue weighted by Gasteiger charge is 2.20. The standard InChI is InChI=1S/C59H113NO3/c1-3-5-7-9-11-13-15-17-18-19-20-21-22-23-24-25-26-27-28-29-30-31-32-33-34-35-36-37-38-39-40-41-42-43-45-47-49-51-53-55-59(63)60-57(56-61)58(62)54-52-50-48-46-44-16-14-12-10-8-6-4-2/h15,17,19-20,22-23,57-58,61-62H,3-14,16,18,21,24-56H2,1-2H3,(H,60,63)/b17-15-,20-19-,23-22-. The van der Waals surface area contributed by atoms with E-state index >= 15 is 0 Å². The van der Waals surface area contributed by atoms with Crippen molar-refractivity contribution < 1.29 is 15.0 Å². The third-order valence-electron chi connectivity index (χ3n) is 13.4. The fourth-order valence-electron chi connectivity index (χ4n) is 9.02. The first-order valence-corrected chi connectivity index (χ1v) is 28.7. The molecule has 4 heteroatoms. The average molecular weight is 885 g/mol. The van der Waals surface area contributed by atoms with Gasteiger partial charge in [-0.05, 0) is 51.4 Å². The van der Waals surface area contributed by atoms with Crippen LogP contribution >= 0.6 is 0 Å². The molecule has 3 N–H and O–H groups in total. The molecule has 2 unspecified atom stereocenters. The van der Waals surface area contributed by atoms with E-state index in [4.69, 9.17) is 0 Å². The van der Waals surface area contributed by atoms with Gasteiger partial charge in [0.1, 0.15) is 0 Å². The summed E-state index contributed by atoms with van der Waals surface area (Å²) >= 11 is 0. The van der Waals surface area contributed by atoms with Gasteiger partial charge in [-0.2, -0.15) is 0 Å². The molecule has 0 aromatic rings. The summed E-state index contributed by atoms with van der Waals surface area (Å²) in [5, 5.41) is 23.2. The largest absolute Gasteiger partial charge is 0.394 e. The summed E-state index contributed by atoms with van der Waals surface area (Å²) in [6.45, 7) is 4.36. The van der Waals surface area contributed by atoms with Gasteiger partial charge in [-0.25, -0.2) is 0 Å². The molecule has 372 valence electrons. The van der Waals surface area contributed by atoms with Crippen LogP contribution in [0.3, 0.4) is 0 Å². The Hall–Kier alpha value is -1.39. The van der Waals surface area contributed by atoms with Gasteiger partial charge in [-0.3, -0.25) is 4.79 Å². The van der Waals surface area contributed by atoms with E-state index in [1.807, 2.05) is 0 Å². The predicted octanol–water partition coefficient (Wildman–Crippen LogP) is 18.9. The number of carbonyl (C=O) groups is 1. The van der Waals surface area contributed by atoms with Crippen molar-refractivity contribution in [1.29, 1.82) is 0 Å². The second-order valence-corrected chi connectivity index (χ2v) is 19.7. The normalized spacial score (nSPS) is 13.0. The molecule has 0 saturated heterocycles. The Labute approximate surface area is 395 Å². The van der Waals surface area contributed by atoms with Gasteiger partial charge in [0.05, 0.1) is 18.8 Å². The van der Waals surface area contributed by atoms with E-state index in [1.165, 1.54) is 250 Å². The topological polar surface area (TPSA) is 69.6 Å². The van der Waals surface area contributed by atoms with Gasteiger partial charge in [0.15, 0.2) is 0 Å². The number of hydrogen-bond acceptors (Lipinski definition) is 3. The SMILES string of the molecule is CCCCCCC/C=C\C/C=C\C/C=C\CCCCCCCCCCCCCCCCCCCCCCCCCCC(=O)NC(CO)C(O)CCCCCCCCCCCCCC. The average Bonchev–Trinajstić information content (AvgIpc) is 3.29. The maximum Gasteiger partial charge on any atom is 0.220 e. The lowest BCUT2D eigenvalue weighted by Gasteiger charge is -2.22. The second-order valence-electron chi connectivity index (χ2n) is 19.7. The highest BCUT2D eigenvalue weighted by atomic mass is 16.3. The molecule has 0 aromatic carbocycles. The van der Waals surface area contributed by atoms with E-state index in [-0.39, 0.29) is 12.5 Å². The van der Waals surface area contributed by atoms with Gasteiger partial charge in [0.2, 0.25) is 5.91 Å². The Morgan fingerprint density at radius 3 is 0.968 bits per heavy atom. The molecule has 0 radical (unpaired) electrons. The summed E-state index contributed by atoms with van der Waals surface area (Å²) in [6, 6.07) is -0.532. The number of amides is 1. The molecular weight excluding hydrogens is 771 g/mol. The zero-order chi connectivity index (χ0) is 45.6. The lowest BCUT2D eigenvalue weighted by Crippen LogP contribution is -2.45. The van der Waals surface area contributed by atoms with E-state index in [0.29, 0.717) is 12.8 Å². The molecule has 0 aliphatic rings. The Morgan fingerprint density at radius 2 is 0.651 bits per heavy atom. The van der Waals surface area contributed by atoms with Crippen LogP contribution in [0.15, 0.2) is 36.5 Å². The highest BCUT2D eigenvalue weighted by Crippen LogP contribution is 2.18. The van der Waals surface area contributed by atoms with Gasteiger partial charge in [0, 0.05) is 6.42 Å². The second kappa shape index (κ2) is 54.9. The maximum atomic E-state index is 12.4. The number of aliphatic hydroxyl groups is 2. The Balaban J connectivity index is 3.36. The van der Waals surface area contributed by atoms with Crippen LogP contribution in [0, 0.1) is 0 Å².